The van der Waals surface area contributed by atoms with Crippen LogP contribution >= 0.6 is 23.3 Å². The number of carbonyl (C=O) groups is 1. The zero-order valence-electron chi connectivity index (χ0n) is 15.0. The molecule has 0 fully saturated rings. The minimum absolute atomic E-state index is 0.00499. The Bertz CT molecular complexity index is 1090. The van der Waals surface area contributed by atoms with Crippen LogP contribution in [0.1, 0.15) is 28.4 Å². The number of aryl methyl sites for hydroxylation is 1. The first-order chi connectivity index (χ1) is 12.7. The molecule has 1 N–H and O–H groups in total. The number of rotatable bonds is 6. The van der Waals surface area contributed by atoms with Gasteiger partial charge in [0, 0.05) is 18.5 Å². The molecular weight excluding hydrogens is 404 g/mol. The Kier molecular flexibility index (Phi) is 5.57. The minimum Gasteiger partial charge on any atom is -0.478 e. The van der Waals surface area contributed by atoms with Gasteiger partial charge in [0.2, 0.25) is 0 Å². The van der Waals surface area contributed by atoms with Crippen molar-refractivity contribution in [3.05, 3.63) is 53.1 Å². The Morgan fingerprint density at radius 1 is 1.26 bits per heavy atom. The summed E-state index contributed by atoms with van der Waals surface area (Å²) in [7, 11) is -3.88. The molecule has 0 saturated heterocycles. The zero-order chi connectivity index (χ0) is 19.8. The van der Waals surface area contributed by atoms with Crippen molar-refractivity contribution in [2.75, 3.05) is 6.54 Å². The molecule has 3 rings (SSSR count). The van der Waals surface area contributed by atoms with Gasteiger partial charge < -0.3 is 5.11 Å². The van der Waals surface area contributed by atoms with Gasteiger partial charge in [-0.2, -0.15) is 0 Å². The van der Waals surface area contributed by atoms with Gasteiger partial charge in [0.15, 0.2) is 4.34 Å². The lowest BCUT2D eigenvalue weighted by Gasteiger charge is -2.19. The zero-order valence-corrected chi connectivity index (χ0v) is 17.4. The van der Waals surface area contributed by atoms with E-state index in [0.29, 0.717) is 15.5 Å². The van der Waals surface area contributed by atoms with E-state index in [2.05, 4.69) is 4.98 Å². The lowest BCUT2D eigenvalue weighted by Crippen LogP contribution is -2.25. The van der Waals surface area contributed by atoms with E-state index >= 15 is 0 Å². The van der Waals surface area contributed by atoms with Crippen LogP contribution in [0.25, 0.3) is 10.2 Å². The molecule has 0 spiro atoms. The monoisotopic (exact) mass is 422 g/mol. The summed E-state index contributed by atoms with van der Waals surface area (Å²) in [6.45, 7) is 5.33. The average Bonchev–Trinajstić information content (AvgIpc) is 3.03. The van der Waals surface area contributed by atoms with Crippen molar-refractivity contribution in [2.24, 2.45) is 0 Å². The number of fused-ring (bicyclic) bond motifs is 1. The molecule has 0 aliphatic heterocycles. The molecule has 1 heterocycles. The van der Waals surface area contributed by atoms with Crippen LogP contribution in [-0.2, 0) is 10.0 Å². The lowest BCUT2D eigenvalue weighted by atomic mass is 10.0. The Labute approximate surface area is 166 Å². The number of benzene rings is 2. The van der Waals surface area contributed by atoms with Gasteiger partial charge in [-0.25, -0.2) is 18.2 Å². The van der Waals surface area contributed by atoms with Crippen LogP contribution in [0.4, 0.5) is 0 Å². The van der Waals surface area contributed by atoms with E-state index in [1.807, 2.05) is 24.3 Å². The smallest absolute Gasteiger partial charge is 0.336 e. The van der Waals surface area contributed by atoms with Crippen LogP contribution in [0.15, 0.2) is 45.6 Å². The highest BCUT2D eigenvalue weighted by atomic mass is 32.3. The van der Waals surface area contributed by atoms with Crippen molar-refractivity contribution < 1.29 is 18.3 Å². The van der Waals surface area contributed by atoms with Crippen molar-refractivity contribution in [3.63, 3.8) is 0 Å². The fourth-order valence-corrected chi connectivity index (χ4v) is 6.58. The first-order valence-corrected chi connectivity index (χ1v) is 11.2. The number of hydrogen-bond donors (Lipinski definition) is 1. The SMILES string of the molecule is CCN(Sc1nc2ccccc2s1)S(=O)(=O)c1cc(C)c(C)c(C(=O)O)c1. The Hall–Kier alpha value is -1.94. The summed E-state index contributed by atoms with van der Waals surface area (Å²) < 4.78 is 29.1. The summed E-state index contributed by atoms with van der Waals surface area (Å²) in [4.78, 5) is 15.9. The first kappa shape index (κ1) is 19.8. The van der Waals surface area contributed by atoms with E-state index < -0.39 is 16.0 Å². The molecule has 0 unspecified atom stereocenters. The number of sulfonamides is 1. The number of thiazole rings is 1. The summed E-state index contributed by atoms with van der Waals surface area (Å²) in [5.41, 5.74) is 1.99. The first-order valence-electron chi connectivity index (χ1n) is 8.15. The fraction of sp³-hybridized carbons (Fsp3) is 0.222. The molecule has 1 aromatic heterocycles. The van der Waals surface area contributed by atoms with Crippen molar-refractivity contribution >= 4 is 49.5 Å². The van der Waals surface area contributed by atoms with Crippen LogP contribution in [0, 0.1) is 13.8 Å². The predicted octanol–water partition coefficient (Wildman–Crippen LogP) is 4.33. The molecule has 0 amide bonds. The van der Waals surface area contributed by atoms with Gasteiger partial charge in [-0.05, 0) is 49.2 Å². The van der Waals surface area contributed by atoms with Crippen molar-refractivity contribution in [3.8, 4) is 0 Å². The molecule has 0 aliphatic rings. The van der Waals surface area contributed by atoms with Crippen molar-refractivity contribution in [1.82, 2.24) is 8.69 Å². The van der Waals surface area contributed by atoms with Gasteiger partial charge in [0.25, 0.3) is 10.0 Å². The lowest BCUT2D eigenvalue weighted by molar-refractivity contribution is 0.0695. The normalized spacial score (nSPS) is 12.0. The van der Waals surface area contributed by atoms with E-state index in [0.717, 1.165) is 22.2 Å². The molecule has 0 atom stereocenters. The summed E-state index contributed by atoms with van der Waals surface area (Å²) in [5, 5.41) is 9.37. The largest absolute Gasteiger partial charge is 0.478 e. The molecule has 3 aromatic rings. The van der Waals surface area contributed by atoms with Crippen LogP contribution in [-0.4, -0.2) is 34.7 Å². The van der Waals surface area contributed by atoms with E-state index in [-0.39, 0.29) is 17.0 Å². The van der Waals surface area contributed by atoms with Crippen LogP contribution < -0.4 is 0 Å². The molecule has 2 aromatic carbocycles. The van der Waals surface area contributed by atoms with Crippen LogP contribution in [0.3, 0.4) is 0 Å². The summed E-state index contributed by atoms with van der Waals surface area (Å²) in [5.74, 6) is -1.14. The fourth-order valence-electron chi connectivity index (χ4n) is 2.58. The third-order valence-corrected chi connectivity index (χ3v) is 8.60. The van der Waals surface area contributed by atoms with Gasteiger partial charge in [-0.15, -0.1) is 15.0 Å². The van der Waals surface area contributed by atoms with Gasteiger partial charge in [-0.3, -0.25) is 0 Å². The molecular formula is C18H18N2O4S3. The van der Waals surface area contributed by atoms with Crippen molar-refractivity contribution in [1.29, 1.82) is 0 Å². The van der Waals surface area contributed by atoms with Crippen molar-refractivity contribution in [2.45, 2.75) is 30.0 Å². The number of carboxylic acid groups (broad SMARTS) is 1. The van der Waals surface area contributed by atoms with Gasteiger partial charge >= 0.3 is 5.97 Å². The molecule has 0 saturated carbocycles. The molecule has 6 nitrogen and oxygen atoms in total. The van der Waals surface area contributed by atoms with E-state index in [1.54, 1.807) is 20.8 Å². The maximum Gasteiger partial charge on any atom is 0.336 e. The topological polar surface area (TPSA) is 87.6 Å². The van der Waals surface area contributed by atoms with E-state index in [1.165, 1.54) is 27.2 Å². The maximum atomic E-state index is 13.1. The second kappa shape index (κ2) is 7.59. The Morgan fingerprint density at radius 2 is 1.96 bits per heavy atom. The Morgan fingerprint density at radius 3 is 2.59 bits per heavy atom. The number of aromatic nitrogens is 1. The average molecular weight is 423 g/mol. The summed E-state index contributed by atoms with van der Waals surface area (Å²) >= 11 is 2.46. The number of nitrogens with zero attached hydrogens (tertiary/aromatic N) is 2. The molecule has 0 bridgehead atoms. The summed E-state index contributed by atoms with van der Waals surface area (Å²) in [6.07, 6.45) is 0. The minimum atomic E-state index is -3.88. The highest BCUT2D eigenvalue weighted by molar-refractivity contribution is 8.09. The second-order valence-electron chi connectivity index (χ2n) is 5.88. The highest BCUT2D eigenvalue weighted by Crippen LogP contribution is 2.35. The molecule has 9 heteroatoms. The number of hydrogen-bond acceptors (Lipinski definition) is 6. The predicted molar refractivity (Wildman–Crippen MR) is 108 cm³/mol. The number of carboxylic acids is 1. The standard InChI is InChI=1S/C18H18N2O4S3/c1-4-20(26-18-19-15-7-5-6-8-16(15)25-18)27(23,24)13-9-11(2)12(3)14(10-13)17(21)22/h5-10H,4H2,1-3H3,(H,21,22). The van der Waals surface area contributed by atoms with E-state index in [4.69, 9.17) is 0 Å². The van der Waals surface area contributed by atoms with Crippen LogP contribution in [0.5, 0.6) is 0 Å². The maximum absolute atomic E-state index is 13.1. The molecule has 142 valence electrons. The quantitative estimate of drug-likeness (QED) is 0.595. The third-order valence-electron chi connectivity index (χ3n) is 4.15. The van der Waals surface area contributed by atoms with Gasteiger partial charge in [-0.1, -0.05) is 19.1 Å². The second-order valence-corrected chi connectivity index (χ2v) is 10.3. The van der Waals surface area contributed by atoms with E-state index in [9.17, 15) is 18.3 Å². The third kappa shape index (κ3) is 3.86. The van der Waals surface area contributed by atoms with Crippen LogP contribution in [0.2, 0.25) is 0 Å². The number of aromatic carboxylic acids is 1. The molecule has 0 radical (unpaired) electrons. The summed E-state index contributed by atoms with van der Waals surface area (Å²) in [6, 6.07) is 10.3. The molecule has 27 heavy (non-hydrogen) atoms. The highest BCUT2D eigenvalue weighted by Gasteiger charge is 2.27. The molecule has 0 aliphatic carbocycles. The van der Waals surface area contributed by atoms with Gasteiger partial charge in [0.05, 0.1) is 20.7 Å². The van der Waals surface area contributed by atoms with Gasteiger partial charge in [0.1, 0.15) is 0 Å². The number of para-hydroxylation sites is 1. The Balaban J connectivity index is 2.00.